The summed E-state index contributed by atoms with van der Waals surface area (Å²) >= 11 is 3.52. The molecule has 0 unspecified atom stereocenters. The van der Waals surface area contributed by atoms with Crippen molar-refractivity contribution in [2.24, 2.45) is 4.99 Å². The Morgan fingerprint density at radius 1 is 1.25 bits per heavy atom. The van der Waals surface area contributed by atoms with Crippen LogP contribution in [0, 0.1) is 6.92 Å². The predicted octanol–water partition coefficient (Wildman–Crippen LogP) is 3.97. The summed E-state index contributed by atoms with van der Waals surface area (Å²) in [6.45, 7) is 3.30. The molecule has 0 aliphatic carbocycles. The van der Waals surface area contributed by atoms with Crippen LogP contribution < -0.4 is 16.0 Å². The zero-order valence-electron chi connectivity index (χ0n) is 14.8. The van der Waals surface area contributed by atoms with E-state index in [1.807, 2.05) is 11.0 Å². The molecule has 1 aromatic heterocycles. The number of hydrogen-bond acceptors (Lipinski definition) is 6. The van der Waals surface area contributed by atoms with Crippen LogP contribution in [-0.4, -0.2) is 28.9 Å². The Hall–Kier alpha value is -2.62. The lowest BCUT2D eigenvalue weighted by molar-refractivity contribution is -0.137. The molecule has 3 heterocycles. The maximum Gasteiger partial charge on any atom is 0.416 e. The van der Waals surface area contributed by atoms with Gasteiger partial charge >= 0.3 is 6.18 Å². The number of halogens is 4. The minimum atomic E-state index is -4.45. The highest BCUT2D eigenvalue weighted by molar-refractivity contribution is 9.12. The number of aromatic nitrogens is 2. The van der Waals surface area contributed by atoms with Crippen molar-refractivity contribution < 1.29 is 13.2 Å². The van der Waals surface area contributed by atoms with E-state index in [1.54, 1.807) is 6.92 Å². The fraction of sp³-hybridized carbons (Fsp3) is 0.278. The first-order valence-corrected chi connectivity index (χ1v) is 9.30. The monoisotopic (exact) mass is 452 g/mol. The second-order valence-electron chi connectivity index (χ2n) is 6.52. The summed E-state index contributed by atoms with van der Waals surface area (Å²) < 4.78 is 39.9. The van der Waals surface area contributed by atoms with Crippen LogP contribution in [0.2, 0.25) is 0 Å². The lowest BCUT2D eigenvalue weighted by atomic mass is 10.1. The molecule has 28 heavy (non-hydrogen) atoms. The van der Waals surface area contributed by atoms with Crippen LogP contribution in [0.5, 0.6) is 0 Å². The average Bonchev–Trinajstić information content (AvgIpc) is 3.10. The van der Waals surface area contributed by atoms with Gasteiger partial charge in [-0.15, -0.1) is 0 Å². The molecule has 0 bridgehead atoms. The van der Waals surface area contributed by atoms with E-state index in [1.165, 1.54) is 6.07 Å². The van der Waals surface area contributed by atoms with E-state index in [9.17, 15) is 13.2 Å². The highest BCUT2D eigenvalue weighted by Gasteiger charge is 2.32. The molecule has 10 heteroatoms. The van der Waals surface area contributed by atoms with E-state index in [2.05, 4.69) is 36.2 Å². The van der Waals surface area contributed by atoms with Gasteiger partial charge in [0.1, 0.15) is 23.3 Å². The van der Waals surface area contributed by atoms with Crippen molar-refractivity contribution >= 4 is 45.2 Å². The van der Waals surface area contributed by atoms with Gasteiger partial charge in [0.25, 0.3) is 0 Å². The van der Waals surface area contributed by atoms with Crippen molar-refractivity contribution in [3.8, 4) is 0 Å². The number of hydrogen-bond donors (Lipinski definition) is 2. The molecule has 2 aromatic rings. The number of rotatable bonds is 3. The number of nitrogen functional groups attached to an aromatic ring is 1. The van der Waals surface area contributed by atoms with Crippen molar-refractivity contribution in [2.75, 3.05) is 29.0 Å². The number of benzene rings is 1. The predicted molar refractivity (Wildman–Crippen MR) is 107 cm³/mol. The van der Waals surface area contributed by atoms with Gasteiger partial charge in [-0.1, -0.05) is 0 Å². The Bertz CT molecular complexity index is 1020. The first-order chi connectivity index (χ1) is 13.2. The molecule has 146 valence electrons. The Labute approximate surface area is 167 Å². The largest absolute Gasteiger partial charge is 0.416 e. The summed E-state index contributed by atoms with van der Waals surface area (Å²) in [5, 5.41) is 3.13. The number of nitrogens with two attached hydrogens (primary N) is 1. The van der Waals surface area contributed by atoms with Crippen LogP contribution in [-0.2, 0) is 12.7 Å². The van der Waals surface area contributed by atoms with Crippen molar-refractivity contribution in [3.63, 3.8) is 0 Å². The van der Waals surface area contributed by atoms with Gasteiger partial charge in [0.2, 0.25) is 0 Å². The number of aliphatic imine (C=N–C) groups is 1. The van der Waals surface area contributed by atoms with Crippen LogP contribution >= 0.6 is 15.9 Å². The maximum atomic E-state index is 13.0. The van der Waals surface area contributed by atoms with Gasteiger partial charge in [-0.2, -0.15) is 13.2 Å². The quantitative estimate of drug-likeness (QED) is 0.688. The van der Waals surface area contributed by atoms with E-state index in [0.717, 1.165) is 33.8 Å². The van der Waals surface area contributed by atoms with Gasteiger partial charge in [0.05, 0.1) is 22.2 Å². The number of aryl methyl sites for hydroxylation is 1. The Kier molecular flexibility index (Phi) is 4.53. The molecule has 0 saturated carbocycles. The topological polar surface area (TPSA) is 79.4 Å². The lowest BCUT2D eigenvalue weighted by Gasteiger charge is -2.26. The van der Waals surface area contributed by atoms with Gasteiger partial charge in [-0.25, -0.2) is 9.97 Å². The summed E-state index contributed by atoms with van der Waals surface area (Å²) in [5.41, 5.74) is 6.12. The number of anilines is 3. The van der Waals surface area contributed by atoms with E-state index < -0.39 is 11.7 Å². The molecule has 2 aliphatic heterocycles. The van der Waals surface area contributed by atoms with Gasteiger partial charge in [0.15, 0.2) is 0 Å². The third-order valence-corrected chi connectivity index (χ3v) is 5.00. The highest BCUT2D eigenvalue weighted by Crippen LogP contribution is 2.36. The molecule has 3 N–H and O–H groups in total. The first-order valence-electron chi connectivity index (χ1n) is 8.51. The summed E-state index contributed by atoms with van der Waals surface area (Å²) in [6.07, 6.45) is -2.58. The standard InChI is InChI=1S/C18H16BrF3N6/c1-9-26-15(13-7-14(19)17-24-2-3-28(17)16(13)27-9)25-8-10-4-11(18(20,21)22)6-12(23)5-10/h4-7H,2-3,8,23H2,1H3,(H,25,26,27). The Morgan fingerprint density at radius 3 is 2.79 bits per heavy atom. The van der Waals surface area contributed by atoms with Crippen molar-refractivity contribution in [2.45, 2.75) is 19.6 Å². The van der Waals surface area contributed by atoms with E-state index in [0.29, 0.717) is 30.3 Å². The minimum Gasteiger partial charge on any atom is -0.399 e. The van der Waals surface area contributed by atoms with Crippen molar-refractivity contribution in [1.82, 2.24) is 9.97 Å². The molecule has 6 nitrogen and oxygen atoms in total. The summed E-state index contributed by atoms with van der Waals surface area (Å²) in [7, 11) is 0. The second kappa shape index (κ2) is 6.77. The molecule has 2 aliphatic rings. The SMILES string of the molecule is Cc1nc(NCc2cc(N)cc(C(F)(F)F)c2)c2c(n1)N1CCN=C1C(Br)=C2. The van der Waals surface area contributed by atoms with Crippen molar-refractivity contribution in [1.29, 1.82) is 0 Å². The fourth-order valence-electron chi connectivity index (χ4n) is 3.26. The second-order valence-corrected chi connectivity index (χ2v) is 7.37. The average molecular weight is 453 g/mol. The van der Waals surface area contributed by atoms with E-state index in [-0.39, 0.29) is 12.2 Å². The molecule has 0 amide bonds. The molecular formula is C18H16BrF3N6. The van der Waals surface area contributed by atoms with Crippen LogP contribution in [0.3, 0.4) is 0 Å². The van der Waals surface area contributed by atoms with Crippen molar-refractivity contribution in [3.05, 3.63) is 45.2 Å². The Morgan fingerprint density at radius 2 is 2.04 bits per heavy atom. The zero-order valence-corrected chi connectivity index (χ0v) is 16.4. The summed E-state index contributed by atoms with van der Waals surface area (Å²) in [6, 6.07) is 3.52. The molecule has 0 radical (unpaired) electrons. The number of amidine groups is 1. The number of nitrogens with one attached hydrogen (secondary N) is 1. The molecule has 0 atom stereocenters. The summed E-state index contributed by atoms with van der Waals surface area (Å²) in [4.78, 5) is 15.4. The Balaban J connectivity index is 1.66. The van der Waals surface area contributed by atoms with Gasteiger partial charge in [-0.05, 0) is 52.7 Å². The van der Waals surface area contributed by atoms with Crippen LogP contribution in [0.15, 0.2) is 27.7 Å². The van der Waals surface area contributed by atoms with Crippen LogP contribution in [0.25, 0.3) is 6.08 Å². The molecule has 1 aromatic carbocycles. The number of nitrogens with zero attached hydrogens (tertiary/aromatic N) is 4. The van der Waals surface area contributed by atoms with Crippen LogP contribution in [0.4, 0.5) is 30.5 Å². The van der Waals surface area contributed by atoms with Gasteiger partial charge in [-0.3, -0.25) is 4.99 Å². The lowest BCUT2D eigenvalue weighted by Crippen LogP contribution is -2.32. The van der Waals surface area contributed by atoms with E-state index in [4.69, 9.17) is 5.73 Å². The van der Waals surface area contributed by atoms with Gasteiger partial charge in [0, 0.05) is 18.8 Å². The molecular weight excluding hydrogens is 437 g/mol. The fourth-order valence-corrected chi connectivity index (χ4v) is 3.83. The first kappa shape index (κ1) is 18.7. The highest BCUT2D eigenvalue weighted by atomic mass is 79.9. The summed E-state index contributed by atoms with van der Waals surface area (Å²) in [5.74, 6) is 2.66. The number of fused-ring (bicyclic) bond motifs is 3. The molecule has 4 rings (SSSR count). The van der Waals surface area contributed by atoms with Crippen LogP contribution in [0.1, 0.15) is 22.5 Å². The molecule has 0 saturated heterocycles. The number of alkyl halides is 3. The maximum absolute atomic E-state index is 13.0. The smallest absolute Gasteiger partial charge is 0.399 e. The zero-order chi connectivity index (χ0) is 20.1. The molecule has 0 spiro atoms. The minimum absolute atomic E-state index is 0.0630. The molecule has 0 fully saturated rings. The normalized spacial score (nSPS) is 15.7. The third-order valence-electron chi connectivity index (χ3n) is 4.42. The van der Waals surface area contributed by atoms with Gasteiger partial charge < -0.3 is 16.0 Å². The third kappa shape index (κ3) is 3.44. The van der Waals surface area contributed by atoms with E-state index >= 15 is 0 Å².